The quantitative estimate of drug-likeness (QED) is 0.383. The summed E-state index contributed by atoms with van der Waals surface area (Å²) < 4.78 is 26.5. The first-order valence-corrected chi connectivity index (χ1v) is 8.94. The van der Waals surface area contributed by atoms with E-state index < -0.39 is 8.80 Å². The van der Waals surface area contributed by atoms with Crippen molar-refractivity contribution in [2.45, 2.75) is 25.8 Å². The fourth-order valence-corrected chi connectivity index (χ4v) is 3.89. The van der Waals surface area contributed by atoms with Gasteiger partial charge in [-0.1, -0.05) is 6.07 Å². The Hall–Kier alpha value is -1.45. The largest absolute Gasteiger partial charge is 0.500 e. The smallest absolute Gasteiger partial charge is 0.493 e. The van der Waals surface area contributed by atoms with E-state index >= 15 is 0 Å². The normalized spacial score (nSPS) is 10.8. The average molecular weight is 346 g/mol. The molecule has 0 spiro atoms. The highest BCUT2D eigenvalue weighted by molar-refractivity contribution is 6.60. The number of methoxy groups -OCH3 is 1. The van der Waals surface area contributed by atoms with Crippen LogP contribution >= 0.6 is 0 Å². The highest BCUT2D eigenvalue weighted by Crippen LogP contribution is 2.29. The molecule has 0 aliphatic carbocycles. The van der Waals surface area contributed by atoms with Gasteiger partial charge in [-0.25, -0.2) is 0 Å². The molecule has 0 saturated heterocycles. The molecule has 1 aromatic carbocycles. The van der Waals surface area contributed by atoms with Gasteiger partial charge in [-0.15, -0.1) is 0 Å². The summed E-state index contributed by atoms with van der Waals surface area (Å²) in [6.07, 6.45) is 1.68. The molecule has 0 bridgehead atoms. The van der Waals surface area contributed by atoms with Gasteiger partial charge < -0.3 is 28.2 Å². The Labute approximate surface area is 138 Å². The van der Waals surface area contributed by atoms with E-state index in [4.69, 9.17) is 22.8 Å². The first-order valence-electron chi connectivity index (χ1n) is 7.01. The molecule has 1 aromatic rings. The average Bonchev–Trinajstić information content (AvgIpc) is 2.53. The molecule has 0 radical (unpaired) electrons. The van der Waals surface area contributed by atoms with Crippen molar-refractivity contribution in [1.29, 1.82) is 0 Å². The molecule has 132 valence electrons. The summed E-state index contributed by atoms with van der Waals surface area (Å²) in [7, 11) is 3.84. The van der Waals surface area contributed by atoms with Crippen molar-refractivity contribution < 1.29 is 33.0 Å². The zero-order valence-corrected chi connectivity index (χ0v) is 15.3. The molecule has 0 saturated carbocycles. The molecule has 0 fully saturated rings. The Morgan fingerprint density at radius 1 is 1.04 bits per heavy atom. The van der Waals surface area contributed by atoms with Gasteiger partial charge in [0, 0.05) is 34.3 Å². The van der Waals surface area contributed by atoms with Crippen molar-refractivity contribution in [3.63, 3.8) is 0 Å². The first kappa shape index (κ1) is 21.5. The maximum atomic E-state index is 11.0. The van der Waals surface area contributed by atoms with E-state index in [1.165, 1.54) is 6.92 Å². The van der Waals surface area contributed by atoms with Gasteiger partial charge in [-0.3, -0.25) is 4.79 Å². The standard InChI is InChI=1S/C15H24O6Si.H2O/c1-12(16)21-14-9-8-13(11-15(14)17-2)7-6-10-22(18-3,19-4)20-5;/h8-9,11H,6-7,10H2,1-5H3;1H2. The predicted octanol–water partition coefficient (Wildman–Crippen LogP) is 1.61. The molecular formula is C15H26O7Si. The number of hydrogen-bond acceptors (Lipinski definition) is 6. The zero-order chi connectivity index (χ0) is 16.6. The van der Waals surface area contributed by atoms with Crippen molar-refractivity contribution in [2.75, 3.05) is 28.4 Å². The van der Waals surface area contributed by atoms with Crippen LogP contribution in [0.2, 0.25) is 6.04 Å². The van der Waals surface area contributed by atoms with Gasteiger partial charge in [0.15, 0.2) is 11.5 Å². The van der Waals surface area contributed by atoms with E-state index in [0.717, 1.165) is 24.4 Å². The highest BCUT2D eigenvalue weighted by Gasteiger charge is 2.36. The lowest BCUT2D eigenvalue weighted by atomic mass is 10.1. The number of hydrogen-bond donors (Lipinski definition) is 0. The van der Waals surface area contributed by atoms with Crippen LogP contribution in [0.4, 0.5) is 0 Å². The summed E-state index contributed by atoms with van der Waals surface area (Å²) in [6, 6.07) is 6.25. The summed E-state index contributed by atoms with van der Waals surface area (Å²) in [5.74, 6) is 0.594. The predicted molar refractivity (Wildman–Crippen MR) is 87.8 cm³/mol. The SMILES string of the molecule is COc1cc(CCC[Si](OC)(OC)OC)ccc1OC(C)=O.O. The van der Waals surface area contributed by atoms with Gasteiger partial charge in [0.05, 0.1) is 7.11 Å². The first-order chi connectivity index (χ1) is 10.5. The van der Waals surface area contributed by atoms with Crippen LogP contribution in [0.5, 0.6) is 11.5 Å². The molecule has 1 rings (SSSR count). The summed E-state index contributed by atoms with van der Waals surface area (Å²) in [6.45, 7) is 1.36. The van der Waals surface area contributed by atoms with E-state index in [9.17, 15) is 4.79 Å². The van der Waals surface area contributed by atoms with Crippen molar-refractivity contribution in [3.05, 3.63) is 23.8 Å². The van der Waals surface area contributed by atoms with Crippen molar-refractivity contribution in [2.24, 2.45) is 0 Å². The molecule has 0 aliphatic heterocycles. The second-order valence-corrected chi connectivity index (χ2v) is 7.82. The molecule has 0 aromatic heterocycles. The molecular weight excluding hydrogens is 320 g/mol. The molecule has 0 atom stereocenters. The van der Waals surface area contributed by atoms with Gasteiger partial charge >= 0.3 is 14.8 Å². The van der Waals surface area contributed by atoms with Crippen LogP contribution in [0.25, 0.3) is 0 Å². The molecule has 23 heavy (non-hydrogen) atoms. The van der Waals surface area contributed by atoms with Crippen LogP contribution < -0.4 is 9.47 Å². The fraction of sp³-hybridized carbons (Fsp3) is 0.533. The van der Waals surface area contributed by atoms with Crippen LogP contribution in [-0.2, 0) is 24.5 Å². The van der Waals surface area contributed by atoms with Gasteiger partial charge in [0.1, 0.15) is 0 Å². The maximum Gasteiger partial charge on any atom is 0.500 e. The van der Waals surface area contributed by atoms with Crippen LogP contribution in [-0.4, -0.2) is 48.7 Å². The molecule has 2 N–H and O–H groups in total. The van der Waals surface area contributed by atoms with Gasteiger partial charge in [-0.05, 0) is 30.5 Å². The molecule has 0 unspecified atom stereocenters. The van der Waals surface area contributed by atoms with E-state index in [2.05, 4.69) is 0 Å². The molecule has 0 aliphatic rings. The summed E-state index contributed by atoms with van der Waals surface area (Å²) in [5.41, 5.74) is 1.08. The summed E-state index contributed by atoms with van der Waals surface area (Å²) in [5, 5.41) is 0. The summed E-state index contributed by atoms with van der Waals surface area (Å²) in [4.78, 5) is 11.0. The van der Waals surface area contributed by atoms with E-state index in [1.807, 2.05) is 12.1 Å². The van der Waals surface area contributed by atoms with Crippen molar-refractivity contribution in [3.8, 4) is 11.5 Å². The number of aryl methyl sites for hydroxylation is 1. The fourth-order valence-electron chi connectivity index (χ4n) is 2.17. The number of benzene rings is 1. The van der Waals surface area contributed by atoms with Crippen molar-refractivity contribution in [1.82, 2.24) is 0 Å². The second kappa shape index (κ2) is 10.3. The molecule has 8 heteroatoms. The number of ether oxygens (including phenoxy) is 2. The molecule has 0 heterocycles. The number of rotatable bonds is 9. The molecule has 7 nitrogen and oxygen atoms in total. The summed E-state index contributed by atoms with van der Waals surface area (Å²) >= 11 is 0. The van der Waals surface area contributed by atoms with Crippen LogP contribution in [0.1, 0.15) is 18.9 Å². The third-order valence-corrected chi connectivity index (χ3v) is 6.20. The Kier molecular flexibility index (Phi) is 9.69. The zero-order valence-electron chi connectivity index (χ0n) is 14.3. The van der Waals surface area contributed by atoms with Crippen LogP contribution in [0.3, 0.4) is 0 Å². The molecule has 0 amide bonds. The minimum Gasteiger partial charge on any atom is -0.493 e. The Bertz CT molecular complexity index is 480. The van der Waals surface area contributed by atoms with Gasteiger partial charge in [0.2, 0.25) is 0 Å². The lowest BCUT2D eigenvalue weighted by Crippen LogP contribution is -2.42. The lowest BCUT2D eigenvalue weighted by molar-refractivity contribution is -0.132. The van der Waals surface area contributed by atoms with E-state index in [-0.39, 0.29) is 11.4 Å². The number of carbonyl (C=O) groups excluding carboxylic acids is 1. The van der Waals surface area contributed by atoms with Gasteiger partial charge in [0.25, 0.3) is 0 Å². The number of esters is 1. The highest BCUT2D eigenvalue weighted by atomic mass is 28.4. The third kappa shape index (κ3) is 6.28. The Morgan fingerprint density at radius 3 is 2.13 bits per heavy atom. The monoisotopic (exact) mass is 346 g/mol. The third-order valence-electron chi connectivity index (χ3n) is 3.36. The maximum absolute atomic E-state index is 11.0. The number of carbonyl (C=O) groups is 1. The minimum absolute atomic E-state index is 0. The Balaban J connectivity index is 0.00000484. The van der Waals surface area contributed by atoms with Crippen LogP contribution in [0, 0.1) is 0 Å². The van der Waals surface area contributed by atoms with E-state index in [0.29, 0.717) is 11.5 Å². The second-order valence-electron chi connectivity index (χ2n) is 4.73. The minimum atomic E-state index is -2.53. The topological polar surface area (TPSA) is 94.7 Å². The van der Waals surface area contributed by atoms with Gasteiger partial charge in [-0.2, -0.15) is 0 Å². The van der Waals surface area contributed by atoms with E-state index in [1.54, 1.807) is 34.5 Å². The lowest BCUT2D eigenvalue weighted by Gasteiger charge is -2.24. The Morgan fingerprint density at radius 2 is 1.65 bits per heavy atom. The van der Waals surface area contributed by atoms with Crippen LogP contribution in [0.15, 0.2) is 18.2 Å². The van der Waals surface area contributed by atoms with Crippen molar-refractivity contribution >= 4 is 14.8 Å².